The molecule has 1 radical (unpaired) electrons. The lowest BCUT2D eigenvalue weighted by atomic mass is 10.1. The zero-order valence-corrected chi connectivity index (χ0v) is 5.33. The van der Waals surface area contributed by atoms with Crippen molar-refractivity contribution in [2.45, 2.75) is 18.6 Å². The molecule has 2 saturated heterocycles. The van der Waals surface area contributed by atoms with Gasteiger partial charge in [0.15, 0.2) is 6.10 Å². The number of fused-ring (bicyclic) bond motifs is 2. The third-order valence-electron chi connectivity index (χ3n) is 1.91. The van der Waals surface area contributed by atoms with Gasteiger partial charge in [0.05, 0.1) is 0 Å². The predicted molar refractivity (Wildman–Crippen MR) is 32.2 cm³/mol. The number of carboxylic acid groups (broad SMARTS) is 1. The van der Waals surface area contributed by atoms with Crippen molar-refractivity contribution < 1.29 is 14.6 Å². The third kappa shape index (κ3) is 0.726. The van der Waals surface area contributed by atoms with Gasteiger partial charge in [-0.25, -0.2) is 4.79 Å². The number of hydrogen-bond acceptors (Lipinski definition) is 3. The molecule has 0 aromatic heterocycles. The zero-order chi connectivity index (χ0) is 7.14. The molecule has 2 fully saturated rings. The van der Waals surface area contributed by atoms with Gasteiger partial charge < -0.3 is 15.2 Å². The molecule has 2 aliphatic heterocycles. The number of carbonyl (C=O) groups is 1. The molecule has 2 bridgehead atoms. The van der Waals surface area contributed by atoms with Crippen LogP contribution in [0.5, 0.6) is 0 Å². The van der Waals surface area contributed by atoms with Crippen LogP contribution in [0.15, 0.2) is 0 Å². The van der Waals surface area contributed by atoms with E-state index in [-0.39, 0.29) is 6.04 Å². The number of hydrogen-bond donors (Lipinski definition) is 2. The number of morpholine rings is 1. The maximum Gasteiger partial charge on any atom is 0.334 e. The van der Waals surface area contributed by atoms with Crippen LogP contribution in [0.25, 0.3) is 0 Å². The molecule has 0 aliphatic carbocycles. The zero-order valence-electron chi connectivity index (χ0n) is 5.33. The minimum absolute atomic E-state index is 0.0208. The lowest BCUT2D eigenvalue weighted by Gasteiger charge is -2.18. The summed E-state index contributed by atoms with van der Waals surface area (Å²) in [5.41, 5.74) is 0. The Bertz CT molecular complexity index is 170. The van der Waals surface area contributed by atoms with Gasteiger partial charge in [-0.3, -0.25) is 0 Å². The Hall–Kier alpha value is -0.610. The molecule has 4 heteroatoms. The summed E-state index contributed by atoms with van der Waals surface area (Å²) in [4.78, 5) is 10.4. The highest BCUT2D eigenvalue weighted by Crippen LogP contribution is 2.31. The Balaban J connectivity index is 2.08. The van der Waals surface area contributed by atoms with E-state index in [1.165, 1.54) is 0 Å². The molecule has 2 rings (SSSR count). The van der Waals surface area contributed by atoms with Crippen molar-refractivity contribution in [2.24, 2.45) is 0 Å². The first kappa shape index (κ1) is 6.12. The fourth-order valence-electron chi connectivity index (χ4n) is 1.42. The quantitative estimate of drug-likeness (QED) is 0.511. The topological polar surface area (TPSA) is 58.6 Å². The third-order valence-corrected chi connectivity index (χ3v) is 1.91. The molecule has 2 N–H and O–H groups in total. The van der Waals surface area contributed by atoms with Gasteiger partial charge in [-0.1, -0.05) is 0 Å². The van der Waals surface area contributed by atoms with Gasteiger partial charge in [-0.05, 0) is 6.42 Å². The summed E-state index contributed by atoms with van der Waals surface area (Å²) in [5, 5.41) is 11.6. The molecule has 0 aromatic rings. The Morgan fingerprint density at radius 3 is 2.90 bits per heavy atom. The normalized spacial score (nSPS) is 38.8. The van der Waals surface area contributed by atoms with Crippen LogP contribution >= 0.6 is 0 Å². The highest BCUT2D eigenvalue weighted by Gasteiger charge is 2.45. The van der Waals surface area contributed by atoms with Gasteiger partial charge in [0.2, 0.25) is 0 Å². The summed E-state index contributed by atoms with van der Waals surface area (Å²) in [5.74, 6) is -0.868. The van der Waals surface area contributed by atoms with Crippen LogP contribution in [0.4, 0.5) is 0 Å². The monoisotopic (exact) mass is 142 g/mol. The van der Waals surface area contributed by atoms with Crippen LogP contribution in [-0.4, -0.2) is 29.8 Å². The largest absolute Gasteiger partial charge is 0.479 e. The maximum absolute atomic E-state index is 10.4. The van der Waals surface area contributed by atoms with Gasteiger partial charge in [-0.2, -0.15) is 0 Å². The van der Waals surface area contributed by atoms with E-state index in [0.29, 0.717) is 0 Å². The van der Waals surface area contributed by atoms with Gasteiger partial charge in [0.25, 0.3) is 0 Å². The molecule has 55 valence electrons. The number of rotatable bonds is 1. The van der Waals surface area contributed by atoms with E-state index >= 15 is 0 Å². The van der Waals surface area contributed by atoms with Crippen LogP contribution in [0.1, 0.15) is 6.42 Å². The van der Waals surface area contributed by atoms with Crippen LogP contribution in [0.2, 0.25) is 0 Å². The van der Waals surface area contributed by atoms with Crippen LogP contribution in [0, 0.1) is 6.10 Å². The van der Waals surface area contributed by atoms with Gasteiger partial charge in [-0.15, -0.1) is 0 Å². The average molecular weight is 142 g/mol. The first-order valence-corrected chi connectivity index (χ1v) is 3.25. The number of aliphatic carboxylic acids is 1. The molecule has 0 spiro atoms. The first-order valence-electron chi connectivity index (χ1n) is 3.25. The molecule has 2 aliphatic rings. The van der Waals surface area contributed by atoms with E-state index in [0.717, 1.165) is 19.1 Å². The Morgan fingerprint density at radius 1 is 1.80 bits per heavy atom. The standard InChI is InChI=1S/C6H8NO3/c8-6(9)5-4-1-3(10-5)2-7-4/h4-5,7H,1-2H2,(H,8,9). The molecule has 2 unspecified atom stereocenters. The minimum Gasteiger partial charge on any atom is -0.479 e. The van der Waals surface area contributed by atoms with E-state index < -0.39 is 12.1 Å². The van der Waals surface area contributed by atoms with Gasteiger partial charge in [0.1, 0.15) is 6.10 Å². The second kappa shape index (κ2) is 1.93. The van der Waals surface area contributed by atoms with E-state index in [9.17, 15) is 4.79 Å². The molecule has 0 aromatic carbocycles. The highest BCUT2D eigenvalue weighted by atomic mass is 16.5. The molecule has 2 atom stereocenters. The van der Waals surface area contributed by atoms with Crippen molar-refractivity contribution in [1.82, 2.24) is 5.32 Å². The summed E-state index contributed by atoms with van der Waals surface area (Å²) in [7, 11) is 0. The van der Waals surface area contributed by atoms with Crippen LogP contribution in [-0.2, 0) is 9.53 Å². The second-order valence-electron chi connectivity index (χ2n) is 2.61. The van der Waals surface area contributed by atoms with Crippen molar-refractivity contribution in [2.75, 3.05) is 6.54 Å². The highest BCUT2D eigenvalue weighted by molar-refractivity contribution is 5.74. The molecule has 10 heavy (non-hydrogen) atoms. The van der Waals surface area contributed by atoms with Crippen molar-refractivity contribution in [1.29, 1.82) is 0 Å². The molecule has 2 heterocycles. The summed E-state index contributed by atoms with van der Waals surface area (Å²) in [6, 6.07) is 0.0208. The Labute approximate surface area is 58.2 Å². The smallest absolute Gasteiger partial charge is 0.334 e. The Kier molecular flexibility index (Phi) is 1.18. The number of nitrogens with one attached hydrogen (secondary N) is 1. The lowest BCUT2D eigenvalue weighted by Crippen LogP contribution is -2.42. The summed E-state index contributed by atoms with van der Waals surface area (Å²) in [6.07, 6.45) is 1.03. The number of ether oxygens (including phenoxy) is 1. The van der Waals surface area contributed by atoms with E-state index in [1.54, 1.807) is 0 Å². The molecule has 0 saturated carbocycles. The summed E-state index contributed by atoms with van der Waals surface area (Å²) >= 11 is 0. The molecular formula is C6H8NO3. The van der Waals surface area contributed by atoms with E-state index in [2.05, 4.69) is 5.32 Å². The fourth-order valence-corrected chi connectivity index (χ4v) is 1.42. The lowest BCUT2D eigenvalue weighted by molar-refractivity contribution is -0.149. The molecular weight excluding hydrogens is 134 g/mol. The van der Waals surface area contributed by atoms with Crippen molar-refractivity contribution >= 4 is 5.97 Å². The van der Waals surface area contributed by atoms with Crippen molar-refractivity contribution in [3.63, 3.8) is 0 Å². The second-order valence-corrected chi connectivity index (χ2v) is 2.61. The average Bonchev–Trinajstić information content (AvgIpc) is 2.44. The van der Waals surface area contributed by atoms with E-state index in [4.69, 9.17) is 9.84 Å². The summed E-state index contributed by atoms with van der Waals surface area (Å²) in [6.45, 7) is 0.731. The fraction of sp³-hybridized carbons (Fsp3) is 0.667. The van der Waals surface area contributed by atoms with Gasteiger partial charge >= 0.3 is 5.97 Å². The van der Waals surface area contributed by atoms with Crippen molar-refractivity contribution in [3.05, 3.63) is 6.10 Å². The van der Waals surface area contributed by atoms with Crippen LogP contribution < -0.4 is 5.32 Å². The van der Waals surface area contributed by atoms with Crippen molar-refractivity contribution in [3.8, 4) is 0 Å². The minimum atomic E-state index is -0.868. The summed E-state index contributed by atoms with van der Waals surface area (Å²) < 4.78 is 5.08. The van der Waals surface area contributed by atoms with Crippen LogP contribution in [0.3, 0.4) is 0 Å². The maximum atomic E-state index is 10.4. The molecule has 0 amide bonds. The predicted octanol–water partition coefficient (Wildman–Crippen LogP) is -0.636. The van der Waals surface area contributed by atoms with Gasteiger partial charge in [0, 0.05) is 12.6 Å². The SMILES string of the molecule is O=C(O)C1O[C]2CNC1C2. The van der Waals surface area contributed by atoms with E-state index in [1.807, 2.05) is 0 Å². The Morgan fingerprint density at radius 2 is 2.60 bits per heavy atom. The molecule has 4 nitrogen and oxygen atoms in total. The number of carboxylic acids is 1. The first-order chi connectivity index (χ1) is 4.77.